The number of para-hydroxylation sites is 1. The van der Waals surface area contributed by atoms with E-state index in [0.717, 1.165) is 23.1 Å². The Morgan fingerprint density at radius 1 is 1.20 bits per heavy atom. The first-order chi connectivity index (χ1) is 9.78. The summed E-state index contributed by atoms with van der Waals surface area (Å²) < 4.78 is 5.99. The zero-order chi connectivity index (χ0) is 13.9. The molecule has 0 bridgehead atoms. The topological polar surface area (TPSA) is 9.23 Å². The van der Waals surface area contributed by atoms with Gasteiger partial charge in [0.05, 0.1) is 5.02 Å². The molecule has 1 nitrogen and oxygen atoms in total. The molecule has 1 aliphatic heterocycles. The smallest absolute Gasteiger partial charge is 0.141 e. The lowest BCUT2D eigenvalue weighted by molar-refractivity contribution is 0.315. The van der Waals surface area contributed by atoms with Crippen LogP contribution in [0.3, 0.4) is 0 Å². The van der Waals surface area contributed by atoms with Crippen LogP contribution in [0.2, 0.25) is 5.02 Å². The number of rotatable bonds is 4. The van der Waals surface area contributed by atoms with Crippen molar-refractivity contribution in [2.24, 2.45) is 0 Å². The Hall–Kier alpha value is -0.640. The van der Waals surface area contributed by atoms with Gasteiger partial charge in [-0.2, -0.15) is 0 Å². The SMILES string of the molecule is Clc1cccc(CBr)c1OCC1Cc2ccccc2S1. The highest BCUT2D eigenvalue weighted by atomic mass is 79.9. The Kier molecular flexibility index (Phi) is 4.59. The van der Waals surface area contributed by atoms with E-state index in [1.54, 1.807) is 0 Å². The van der Waals surface area contributed by atoms with E-state index >= 15 is 0 Å². The third kappa shape index (κ3) is 3.00. The Morgan fingerprint density at radius 3 is 2.85 bits per heavy atom. The molecule has 0 radical (unpaired) electrons. The second-order valence-corrected chi connectivity index (χ2v) is 7.03. The van der Waals surface area contributed by atoms with Crippen LogP contribution in [-0.2, 0) is 11.8 Å². The van der Waals surface area contributed by atoms with Gasteiger partial charge in [-0.1, -0.05) is 57.9 Å². The zero-order valence-corrected chi connectivity index (χ0v) is 14.0. The number of thioether (sulfide) groups is 1. The number of alkyl halides is 1. The summed E-state index contributed by atoms with van der Waals surface area (Å²) >= 11 is 11.6. The molecule has 0 aromatic heterocycles. The lowest BCUT2D eigenvalue weighted by Crippen LogP contribution is -2.14. The molecule has 1 heterocycles. The molecule has 0 saturated carbocycles. The summed E-state index contributed by atoms with van der Waals surface area (Å²) in [5.41, 5.74) is 2.52. The van der Waals surface area contributed by atoms with Crippen LogP contribution in [-0.4, -0.2) is 11.9 Å². The molecule has 20 heavy (non-hydrogen) atoms. The highest BCUT2D eigenvalue weighted by molar-refractivity contribution is 9.08. The third-order valence-corrected chi connectivity index (χ3v) is 5.51. The molecule has 0 amide bonds. The molecule has 0 aliphatic carbocycles. The molecule has 0 N–H and O–H groups in total. The van der Waals surface area contributed by atoms with Crippen molar-refractivity contribution in [3.05, 3.63) is 58.6 Å². The maximum atomic E-state index is 6.23. The second kappa shape index (κ2) is 6.42. The first kappa shape index (κ1) is 14.3. The summed E-state index contributed by atoms with van der Waals surface area (Å²) in [6.07, 6.45) is 1.06. The lowest BCUT2D eigenvalue weighted by atomic mass is 10.1. The predicted octanol–water partition coefficient (Wildman–Crippen LogP) is 5.33. The highest BCUT2D eigenvalue weighted by Crippen LogP contribution is 2.38. The first-order valence-electron chi connectivity index (χ1n) is 6.48. The monoisotopic (exact) mass is 368 g/mol. The van der Waals surface area contributed by atoms with E-state index < -0.39 is 0 Å². The van der Waals surface area contributed by atoms with Crippen molar-refractivity contribution in [3.63, 3.8) is 0 Å². The van der Waals surface area contributed by atoms with Crippen LogP contribution in [0.15, 0.2) is 47.4 Å². The average molecular weight is 370 g/mol. The van der Waals surface area contributed by atoms with Gasteiger partial charge in [0.2, 0.25) is 0 Å². The Morgan fingerprint density at radius 2 is 2.05 bits per heavy atom. The van der Waals surface area contributed by atoms with Gasteiger partial charge in [-0.25, -0.2) is 0 Å². The van der Waals surface area contributed by atoms with Gasteiger partial charge in [0.15, 0.2) is 0 Å². The molecule has 1 atom stereocenters. The summed E-state index contributed by atoms with van der Waals surface area (Å²) in [5.74, 6) is 0.808. The number of fused-ring (bicyclic) bond motifs is 1. The molecule has 4 heteroatoms. The molecule has 0 spiro atoms. The molecule has 2 aromatic carbocycles. The van der Waals surface area contributed by atoms with E-state index in [4.69, 9.17) is 16.3 Å². The van der Waals surface area contributed by atoms with Crippen molar-refractivity contribution < 1.29 is 4.74 Å². The fourth-order valence-corrected chi connectivity index (χ4v) is 4.25. The number of benzene rings is 2. The highest BCUT2D eigenvalue weighted by Gasteiger charge is 2.22. The van der Waals surface area contributed by atoms with Crippen molar-refractivity contribution in [3.8, 4) is 5.75 Å². The lowest BCUT2D eigenvalue weighted by Gasteiger charge is -2.14. The molecule has 0 fully saturated rings. The average Bonchev–Trinajstić information content (AvgIpc) is 2.88. The van der Waals surface area contributed by atoms with E-state index in [1.807, 2.05) is 30.0 Å². The second-order valence-electron chi connectivity index (χ2n) is 4.72. The molecule has 2 aromatic rings. The quantitative estimate of drug-likeness (QED) is 0.674. The van der Waals surface area contributed by atoms with Gasteiger partial charge in [0.25, 0.3) is 0 Å². The Bertz CT molecular complexity index is 592. The van der Waals surface area contributed by atoms with E-state index in [1.165, 1.54) is 10.5 Å². The fourth-order valence-electron chi connectivity index (χ4n) is 2.34. The van der Waals surface area contributed by atoms with Gasteiger partial charge in [-0.3, -0.25) is 0 Å². The van der Waals surface area contributed by atoms with Crippen molar-refractivity contribution in [2.45, 2.75) is 21.9 Å². The van der Waals surface area contributed by atoms with Gasteiger partial charge in [0.1, 0.15) is 12.4 Å². The van der Waals surface area contributed by atoms with Crippen LogP contribution >= 0.6 is 39.3 Å². The number of halogens is 2. The fraction of sp³-hybridized carbons (Fsp3) is 0.250. The zero-order valence-electron chi connectivity index (χ0n) is 10.8. The number of ether oxygens (including phenoxy) is 1. The minimum Gasteiger partial charge on any atom is -0.491 e. The Balaban J connectivity index is 1.67. The molecule has 3 rings (SSSR count). The normalized spacial score (nSPS) is 17.0. The van der Waals surface area contributed by atoms with Crippen LogP contribution in [0.5, 0.6) is 5.75 Å². The standard InChI is InChI=1S/C16H14BrClOS/c17-9-12-5-3-6-14(18)16(12)19-10-13-8-11-4-1-2-7-15(11)20-13/h1-7,13H,8-10H2. The van der Waals surface area contributed by atoms with Crippen LogP contribution < -0.4 is 4.74 Å². The molecular formula is C16H14BrClOS. The first-order valence-corrected chi connectivity index (χ1v) is 8.86. The molecule has 1 aliphatic rings. The molecule has 0 saturated heterocycles. The van der Waals surface area contributed by atoms with E-state index in [9.17, 15) is 0 Å². The van der Waals surface area contributed by atoms with Crippen molar-refractivity contribution in [1.29, 1.82) is 0 Å². The van der Waals surface area contributed by atoms with Gasteiger partial charge in [-0.15, -0.1) is 11.8 Å². The molecular weight excluding hydrogens is 356 g/mol. The minimum atomic E-state index is 0.465. The van der Waals surface area contributed by atoms with Crippen molar-refractivity contribution in [2.75, 3.05) is 6.61 Å². The van der Waals surface area contributed by atoms with Crippen LogP contribution in [0.1, 0.15) is 11.1 Å². The Labute approximate surface area is 136 Å². The van der Waals surface area contributed by atoms with Crippen molar-refractivity contribution >= 4 is 39.3 Å². The van der Waals surface area contributed by atoms with Crippen molar-refractivity contribution in [1.82, 2.24) is 0 Å². The number of hydrogen-bond acceptors (Lipinski definition) is 2. The van der Waals surface area contributed by atoms with Gasteiger partial charge < -0.3 is 4.74 Å². The van der Waals surface area contributed by atoms with E-state index in [2.05, 4.69) is 40.2 Å². The van der Waals surface area contributed by atoms with Crippen LogP contribution in [0, 0.1) is 0 Å². The molecule has 104 valence electrons. The summed E-state index contributed by atoms with van der Waals surface area (Å²) in [6, 6.07) is 14.4. The number of hydrogen-bond donors (Lipinski definition) is 0. The van der Waals surface area contributed by atoms with Gasteiger partial charge in [-0.05, 0) is 24.1 Å². The third-order valence-electron chi connectivity index (χ3n) is 3.32. The van der Waals surface area contributed by atoms with E-state index in [0.29, 0.717) is 16.9 Å². The summed E-state index contributed by atoms with van der Waals surface area (Å²) in [6.45, 7) is 0.684. The molecule has 1 unspecified atom stereocenters. The van der Waals surface area contributed by atoms with Crippen LogP contribution in [0.4, 0.5) is 0 Å². The van der Waals surface area contributed by atoms with Crippen LogP contribution in [0.25, 0.3) is 0 Å². The minimum absolute atomic E-state index is 0.465. The van der Waals surface area contributed by atoms with E-state index in [-0.39, 0.29) is 0 Å². The summed E-state index contributed by atoms with van der Waals surface area (Å²) in [7, 11) is 0. The van der Waals surface area contributed by atoms with Gasteiger partial charge in [0, 0.05) is 21.0 Å². The predicted molar refractivity (Wildman–Crippen MR) is 89.4 cm³/mol. The summed E-state index contributed by atoms with van der Waals surface area (Å²) in [4.78, 5) is 1.38. The van der Waals surface area contributed by atoms with Gasteiger partial charge >= 0.3 is 0 Å². The largest absolute Gasteiger partial charge is 0.491 e. The maximum Gasteiger partial charge on any atom is 0.141 e. The maximum absolute atomic E-state index is 6.23. The summed E-state index contributed by atoms with van der Waals surface area (Å²) in [5, 5.41) is 1.90.